The summed E-state index contributed by atoms with van der Waals surface area (Å²) in [5.74, 6) is 1.45. The van der Waals surface area contributed by atoms with Crippen molar-refractivity contribution in [2.24, 2.45) is 5.92 Å². The lowest BCUT2D eigenvalue weighted by molar-refractivity contribution is 0.0943. The molecule has 2 aromatic heterocycles. The molecule has 1 aliphatic heterocycles. The third-order valence-corrected chi connectivity index (χ3v) is 6.84. The number of imidazole rings is 1. The highest BCUT2D eigenvalue weighted by molar-refractivity contribution is 5.93. The molecule has 0 aliphatic carbocycles. The van der Waals surface area contributed by atoms with E-state index in [9.17, 15) is 4.79 Å². The molecular weight excluding hydrogens is 420 g/mol. The molecule has 0 fully saturated rings. The van der Waals surface area contributed by atoms with E-state index in [4.69, 9.17) is 4.98 Å². The summed E-state index contributed by atoms with van der Waals surface area (Å²) in [6, 6.07) is 19.0. The maximum absolute atomic E-state index is 12.4. The number of nitrogens with one attached hydrogen (secondary N) is 1. The van der Waals surface area contributed by atoms with Crippen LogP contribution in [0.25, 0.3) is 22.4 Å². The lowest BCUT2D eigenvalue weighted by Crippen LogP contribution is -2.33. The fraction of sp³-hybridized carbons (Fsp3) is 0.276. The zero-order valence-electron chi connectivity index (χ0n) is 20.0. The Morgan fingerprint density at radius 2 is 1.74 bits per heavy atom. The second-order valence-corrected chi connectivity index (χ2v) is 9.37. The molecule has 2 aromatic carbocycles. The lowest BCUT2D eigenvalue weighted by atomic mass is 9.99. The van der Waals surface area contributed by atoms with Gasteiger partial charge in [-0.15, -0.1) is 0 Å². The van der Waals surface area contributed by atoms with E-state index in [0.717, 1.165) is 42.2 Å². The van der Waals surface area contributed by atoms with Crippen molar-refractivity contribution >= 4 is 5.91 Å². The Labute approximate surface area is 200 Å². The van der Waals surface area contributed by atoms with E-state index in [0.29, 0.717) is 18.0 Å². The van der Waals surface area contributed by atoms with Gasteiger partial charge in [0.25, 0.3) is 5.91 Å². The van der Waals surface area contributed by atoms with Gasteiger partial charge in [0.2, 0.25) is 0 Å². The van der Waals surface area contributed by atoms with E-state index < -0.39 is 0 Å². The van der Waals surface area contributed by atoms with E-state index in [1.54, 1.807) is 6.20 Å². The number of benzene rings is 2. The van der Waals surface area contributed by atoms with Crippen LogP contribution in [0.1, 0.15) is 39.4 Å². The Hall–Kier alpha value is -3.73. The molecule has 34 heavy (non-hydrogen) atoms. The van der Waals surface area contributed by atoms with Crippen LogP contribution in [-0.2, 0) is 13.0 Å². The molecule has 0 saturated heterocycles. The van der Waals surface area contributed by atoms with Gasteiger partial charge in [-0.05, 0) is 67.5 Å². The van der Waals surface area contributed by atoms with Gasteiger partial charge in [0.1, 0.15) is 5.82 Å². The van der Waals surface area contributed by atoms with Crippen molar-refractivity contribution < 1.29 is 4.79 Å². The van der Waals surface area contributed by atoms with Crippen LogP contribution >= 0.6 is 0 Å². The summed E-state index contributed by atoms with van der Waals surface area (Å²) in [4.78, 5) is 21.5. The first-order valence-corrected chi connectivity index (χ1v) is 11.9. The molecule has 172 valence electrons. The molecule has 0 radical (unpaired) electrons. The summed E-state index contributed by atoms with van der Waals surface area (Å²) in [6.07, 6.45) is 5.73. The van der Waals surface area contributed by atoms with Gasteiger partial charge >= 0.3 is 0 Å². The maximum Gasteiger partial charge on any atom is 0.252 e. The van der Waals surface area contributed by atoms with Gasteiger partial charge in [0.15, 0.2) is 0 Å². The molecule has 5 nitrogen and oxygen atoms in total. The Bertz CT molecular complexity index is 1320. The Morgan fingerprint density at radius 3 is 2.47 bits per heavy atom. The number of pyridine rings is 1. The van der Waals surface area contributed by atoms with Gasteiger partial charge in [0, 0.05) is 43.2 Å². The average molecular weight is 451 g/mol. The van der Waals surface area contributed by atoms with E-state index in [2.05, 4.69) is 77.4 Å². The summed E-state index contributed by atoms with van der Waals surface area (Å²) in [5, 5.41) is 3.07. The predicted molar refractivity (Wildman–Crippen MR) is 136 cm³/mol. The minimum absolute atomic E-state index is 0.0616. The van der Waals surface area contributed by atoms with Crippen LogP contribution in [0.4, 0.5) is 0 Å². The maximum atomic E-state index is 12.4. The second kappa shape index (κ2) is 9.26. The molecule has 1 unspecified atom stereocenters. The Balaban J connectivity index is 1.24. The molecule has 1 atom stereocenters. The number of rotatable bonds is 5. The van der Waals surface area contributed by atoms with E-state index in [1.165, 1.54) is 22.3 Å². The fourth-order valence-corrected chi connectivity index (χ4v) is 4.52. The van der Waals surface area contributed by atoms with E-state index in [1.807, 2.05) is 19.1 Å². The number of hydrogen-bond acceptors (Lipinski definition) is 3. The SMILES string of the molecule is Cc1ccc(C(=O)NCC2CCc3nc(-c4ccc(-c5ccc(C)c(C)c5)cc4)cn3C2)cn1. The normalized spacial score (nSPS) is 15.1. The number of carbonyl (C=O) groups is 1. The monoisotopic (exact) mass is 450 g/mol. The second-order valence-electron chi connectivity index (χ2n) is 9.37. The summed E-state index contributed by atoms with van der Waals surface area (Å²) in [6.45, 7) is 7.74. The van der Waals surface area contributed by atoms with Crippen molar-refractivity contribution in [2.45, 2.75) is 40.2 Å². The van der Waals surface area contributed by atoms with Crippen LogP contribution in [-0.4, -0.2) is 27.0 Å². The molecule has 5 heteroatoms. The summed E-state index contributed by atoms with van der Waals surface area (Å²) in [7, 11) is 0. The van der Waals surface area contributed by atoms with Crippen molar-refractivity contribution in [2.75, 3.05) is 6.54 Å². The van der Waals surface area contributed by atoms with E-state index in [-0.39, 0.29) is 5.91 Å². The molecule has 1 aliphatic rings. The number of hydrogen-bond donors (Lipinski definition) is 1. The zero-order valence-corrected chi connectivity index (χ0v) is 20.0. The molecule has 3 heterocycles. The first-order valence-electron chi connectivity index (χ1n) is 11.9. The fourth-order valence-electron chi connectivity index (χ4n) is 4.52. The average Bonchev–Trinajstić information content (AvgIpc) is 3.28. The van der Waals surface area contributed by atoms with Gasteiger partial charge in [-0.1, -0.05) is 42.5 Å². The van der Waals surface area contributed by atoms with Gasteiger partial charge < -0.3 is 9.88 Å². The summed E-state index contributed by atoms with van der Waals surface area (Å²) >= 11 is 0. The van der Waals surface area contributed by atoms with Crippen LogP contribution in [0.5, 0.6) is 0 Å². The minimum Gasteiger partial charge on any atom is -0.352 e. The number of nitrogens with zero attached hydrogens (tertiary/aromatic N) is 3. The zero-order chi connectivity index (χ0) is 23.7. The highest BCUT2D eigenvalue weighted by Crippen LogP contribution is 2.28. The van der Waals surface area contributed by atoms with Crippen LogP contribution in [0.2, 0.25) is 0 Å². The predicted octanol–water partition coefficient (Wildman–Crippen LogP) is 5.53. The highest BCUT2D eigenvalue weighted by atomic mass is 16.1. The largest absolute Gasteiger partial charge is 0.352 e. The lowest BCUT2D eigenvalue weighted by Gasteiger charge is -2.23. The number of fused-ring (bicyclic) bond motifs is 1. The van der Waals surface area contributed by atoms with Gasteiger partial charge in [-0.25, -0.2) is 4.98 Å². The molecule has 1 amide bonds. The van der Waals surface area contributed by atoms with Crippen molar-refractivity contribution in [1.29, 1.82) is 0 Å². The standard InChI is InChI=1S/C29H30N4O/c1-19-4-7-25(14-20(19)2)23-9-11-24(12-10-23)27-18-33-17-22(6-13-28(33)32-27)15-31-29(34)26-8-5-21(3)30-16-26/h4-5,7-12,14,16,18,22H,6,13,15,17H2,1-3H3,(H,31,34). The summed E-state index contributed by atoms with van der Waals surface area (Å²) in [5.41, 5.74) is 8.74. The van der Waals surface area contributed by atoms with Crippen molar-refractivity contribution in [3.8, 4) is 22.4 Å². The van der Waals surface area contributed by atoms with Gasteiger partial charge in [0.05, 0.1) is 11.3 Å². The molecule has 1 N–H and O–H groups in total. The Morgan fingerprint density at radius 1 is 0.971 bits per heavy atom. The molecule has 0 spiro atoms. The summed E-state index contributed by atoms with van der Waals surface area (Å²) < 4.78 is 2.25. The van der Waals surface area contributed by atoms with Crippen molar-refractivity contribution in [3.05, 3.63) is 95.2 Å². The molecule has 0 saturated carbocycles. The third-order valence-electron chi connectivity index (χ3n) is 6.84. The first kappa shape index (κ1) is 22.1. The van der Waals surface area contributed by atoms with Crippen LogP contribution in [0.15, 0.2) is 67.0 Å². The number of carbonyl (C=O) groups excluding carboxylic acids is 1. The number of aryl methyl sites for hydroxylation is 4. The molecule has 4 aromatic rings. The highest BCUT2D eigenvalue weighted by Gasteiger charge is 2.21. The molecular formula is C29H30N4O. The Kier molecular flexibility index (Phi) is 6.01. The van der Waals surface area contributed by atoms with E-state index >= 15 is 0 Å². The van der Waals surface area contributed by atoms with Crippen LogP contribution < -0.4 is 5.32 Å². The topological polar surface area (TPSA) is 59.8 Å². The first-order chi connectivity index (χ1) is 16.5. The van der Waals surface area contributed by atoms with Crippen LogP contribution in [0.3, 0.4) is 0 Å². The van der Waals surface area contributed by atoms with Gasteiger partial charge in [-0.3, -0.25) is 9.78 Å². The van der Waals surface area contributed by atoms with Crippen molar-refractivity contribution in [1.82, 2.24) is 19.9 Å². The number of aromatic nitrogens is 3. The van der Waals surface area contributed by atoms with Gasteiger partial charge in [-0.2, -0.15) is 0 Å². The molecule has 0 bridgehead atoms. The smallest absolute Gasteiger partial charge is 0.252 e. The molecule has 5 rings (SSSR count). The van der Waals surface area contributed by atoms with Crippen LogP contribution in [0, 0.1) is 26.7 Å². The quantitative estimate of drug-likeness (QED) is 0.435. The number of amides is 1. The minimum atomic E-state index is -0.0616. The van der Waals surface area contributed by atoms with Crippen molar-refractivity contribution in [3.63, 3.8) is 0 Å². The third kappa shape index (κ3) is 4.65.